The summed E-state index contributed by atoms with van der Waals surface area (Å²) in [5, 5.41) is 15.7. The molecule has 1 aliphatic heterocycles. The molecule has 0 unspecified atom stereocenters. The highest BCUT2D eigenvalue weighted by Gasteiger charge is 2.31. The highest BCUT2D eigenvalue weighted by atomic mass is 19.1. The van der Waals surface area contributed by atoms with Gasteiger partial charge in [-0.25, -0.2) is 9.37 Å². The topological polar surface area (TPSA) is 111 Å². The van der Waals surface area contributed by atoms with E-state index in [0.717, 1.165) is 45.2 Å². The standard InChI is InChI=1S/C33H38FN5O4/c1-20-6-3-4-9-29(20)38-12-14-39(15-13-38)30-18-26(34)25(31(41)35-24-8-5-7-23(16-24)21(2)40)17-27(30)36-32(42)28-19-43-33(37-28)22-10-11-22/h3-4,6,9,17-19,22-24,40H,2,5,7-8,10-16H2,1H3,(H,35,41)(H,36,42)/t23-,24+/m1/s1. The number of allylic oxidation sites excluding steroid dienone is 1. The largest absolute Gasteiger partial charge is 0.513 e. The maximum atomic E-state index is 15.7. The number of carbonyl (C=O) groups is 2. The summed E-state index contributed by atoms with van der Waals surface area (Å²) in [5.74, 6) is -0.885. The number of amides is 2. The van der Waals surface area contributed by atoms with E-state index in [9.17, 15) is 14.7 Å². The fourth-order valence-electron chi connectivity index (χ4n) is 6.19. The van der Waals surface area contributed by atoms with Gasteiger partial charge in [-0.3, -0.25) is 9.59 Å². The second-order valence-corrected chi connectivity index (χ2v) is 11.9. The van der Waals surface area contributed by atoms with E-state index in [-0.39, 0.29) is 34.9 Å². The van der Waals surface area contributed by atoms with Gasteiger partial charge < -0.3 is 30.0 Å². The lowest BCUT2D eigenvalue weighted by Gasteiger charge is -2.38. The fourth-order valence-corrected chi connectivity index (χ4v) is 6.19. The Balaban J connectivity index is 1.24. The van der Waals surface area contributed by atoms with Gasteiger partial charge in [-0.1, -0.05) is 31.2 Å². The molecule has 10 heteroatoms. The van der Waals surface area contributed by atoms with E-state index >= 15 is 4.39 Å². The van der Waals surface area contributed by atoms with E-state index in [0.29, 0.717) is 36.8 Å². The molecule has 43 heavy (non-hydrogen) atoms. The average molecular weight is 588 g/mol. The molecule has 9 nitrogen and oxygen atoms in total. The van der Waals surface area contributed by atoms with Gasteiger partial charge in [0.2, 0.25) is 0 Å². The third-order valence-electron chi connectivity index (χ3n) is 8.82. The van der Waals surface area contributed by atoms with Gasteiger partial charge in [-0.15, -0.1) is 0 Å². The van der Waals surface area contributed by atoms with E-state index < -0.39 is 17.6 Å². The molecule has 2 saturated carbocycles. The number of anilines is 3. The van der Waals surface area contributed by atoms with Crippen LogP contribution in [0.1, 0.15) is 76.7 Å². The van der Waals surface area contributed by atoms with Crippen LogP contribution < -0.4 is 20.4 Å². The number of halogens is 1. The van der Waals surface area contributed by atoms with Gasteiger partial charge in [-0.05, 0) is 56.7 Å². The number of aliphatic hydroxyl groups excluding tert-OH is 1. The summed E-state index contributed by atoms with van der Waals surface area (Å²) in [6, 6.07) is 10.8. The SMILES string of the molecule is C=C(O)[C@@H]1CCC[C@H](NC(=O)c2cc(NC(=O)c3coc(C4CC4)n3)c(N3CCN(c4ccccc4C)CC3)cc2F)C1. The number of hydrogen-bond acceptors (Lipinski definition) is 7. The number of hydrogen-bond donors (Lipinski definition) is 3. The third kappa shape index (κ3) is 6.38. The number of nitrogens with one attached hydrogen (secondary N) is 2. The molecule has 3 aliphatic rings. The summed E-state index contributed by atoms with van der Waals surface area (Å²) in [4.78, 5) is 35.3. The Labute approximate surface area is 250 Å². The van der Waals surface area contributed by atoms with Gasteiger partial charge in [0.1, 0.15) is 12.1 Å². The molecular formula is C33H38FN5O4. The van der Waals surface area contributed by atoms with Crippen molar-refractivity contribution in [1.82, 2.24) is 10.3 Å². The third-order valence-corrected chi connectivity index (χ3v) is 8.82. The molecule has 2 aliphatic carbocycles. The second-order valence-electron chi connectivity index (χ2n) is 11.9. The first kappa shape index (κ1) is 28.8. The van der Waals surface area contributed by atoms with Crippen LogP contribution in [0.2, 0.25) is 0 Å². The van der Waals surface area contributed by atoms with Gasteiger partial charge in [0.15, 0.2) is 11.6 Å². The molecule has 1 saturated heterocycles. The number of rotatable bonds is 8. The van der Waals surface area contributed by atoms with Crippen LogP contribution in [-0.4, -0.2) is 54.1 Å². The first-order chi connectivity index (χ1) is 20.8. The highest BCUT2D eigenvalue weighted by molar-refractivity contribution is 6.06. The predicted molar refractivity (Wildman–Crippen MR) is 163 cm³/mol. The number of carbonyl (C=O) groups excluding carboxylic acids is 2. The highest BCUT2D eigenvalue weighted by Crippen LogP contribution is 2.39. The molecule has 0 bridgehead atoms. The average Bonchev–Trinajstić information content (AvgIpc) is 3.74. The molecule has 0 radical (unpaired) electrons. The molecule has 2 aromatic carbocycles. The zero-order chi connectivity index (χ0) is 30.1. The van der Waals surface area contributed by atoms with Crippen LogP contribution in [0.15, 0.2) is 59.4 Å². The molecule has 226 valence electrons. The smallest absolute Gasteiger partial charge is 0.277 e. The zero-order valence-electron chi connectivity index (χ0n) is 24.4. The van der Waals surface area contributed by atoms with Crippen LogP contribution in [0.4, 0.5) is 21.5 Å². The van der Waals surface area contributed by atoms with Crippen molar-refractivity contribution in [2.75, 3.05) is 41.3 Å². The fraction of sp³-hybridized carbons (Fsp3) is 0.424. The van der Waals surface area contributed by atoms with Crippen molar-refractivity contribution in [3.05, 3.63) is 83.5 Å². The van der Waals surface area contributed by atoms with E-state index in [4.69, 9.17) is 4.42 Å². The van der Waals surface area contributed by atoms with E-state index in [2.05, 4.69) is 46.2 Å². The van der Waals surface area contributed by atoms with Crippen molar-refractivity contribution in [3.8, 4) is 0 Å². The van der Waals surface area contributed by atoms with Crippen molar-refractivity contribution in [2.24, 2.45) is 5.92 Å². The Bertz CT molecular complexity index is 1530. The predicted octanol–water partition coefficient (Wildman–Crippen LogP) is 5.94. The van der Waals surface area contributed by atoms with Crippen molar-refractivity contribution < 1.29 is 23.5 Å². The summed E-state index contributed by atoms with van der Waals surface area (Å²) in [7, 11) is 0. The minimum atomic E-state index is -0.664. The Morgan fingerprint density at radius 1 is 1.02 bits per heavy atom. The molecule has 3 fully saturated rings. The summed E-state index contributed by atoms with van der Waals surface area (Å²) in [6.45, 7) is 8.37. The molecule has 2 atom stereocenters. The van der Waals surface area contributed by atoms with Crippen LogP contribution in [0.3, 0.4) is 0 Å². The van der Waals surface area contributed by atoms with Crippen LogP contribution in [-0.2, 0) is 0 Å². The Morgan fingerprint density at radius 2 is 1.74 bits per heavy atom. The summed E-state index contributed by atoms with van der Waals surface area (Å²) in [5.41, 5.74) is 3.19. The Morgan fingerprint density at radius 3 is 2.44 bits per heavy atom. The van der Waals surface area contributed by atoms with Gasteiger partial charge in [-0.2, -0.15) is 0 Å². The molecule has 2 heterocycles. The molecular weight excluding hydrogens is 549 g/mol. The summed E-state index contributed by atoms with van der Waals surface area (Å²) in [6.07, 6.45) is 6.24. The van der Waals surface area contributed by atoms with Crippen LogP contribution in [0.5, 0.6) is 0 Å². The number of para-hydroxylation sites is 1. The lowest BCUT2D eigenvalue weighted by Crippen LogP contribution is -2.47. The molecule has 1 aromatic heterocycles. The normalized spacial score (nSPS) is 20.5. The van der Waals surface area contributed by atoms with Crippen molar-refractivity contribution in [1.29, 1.82) is 0 Å². The summed E-state index contributed by atoms with van der Waals surface area (Å²) >= 11 is 0. The van der Waals surface area contributed by atoms with E-state index in [1.54, 1.807) is 0 Å². The molecule has 6 rings (SSSR count). The van der Waals surface area contributed by atoms with Gasteiger partial charge in [0.25, 0.3) is 11.8 Å². The van der Waals surface area contributed by atoms with Crippen molar-refractivity contribution >= 4 is 28.9 Å². The van der Waals surface area contributed by atoms with Crippen LogP contribution in [0.25, 0.3) is 0 Å². The molecule has 3 aromatic rings. The van der Waals surface area contributed by atoms with Gasteiger partial charge in [0, 0.05) is 55.8 Å². The number of benzene rings is 2. The summed E-state index contributed by atoms with van der Waals surface area (Å²) < 4.78 is 21.2. The quantitative estimate of drug-likeness (QED) is 0.280. The Hall–Kier alpha value is -4.34. The maximum absolute atomic E-state index is 15.7. The van der Waals surface area contributed by atoms with Gasteiger partial charge in [0.05, 0.1) is 22.7 Å². The zero-order valence-corrected chi connectivity index (χ0v) is 24.4. The number of nitrogens with zero attached hydrogens (tertiary/aromatic N) is 3. The minimum absolute atomic E-state index is 0.0950. The number of aromatic nitrogens is 1. The lowest BCUT2D eigenvalue weighted by atomic mass is 9.84. The maximum Gasteiger partial charge on any atom is 0.277 e. The number of oxazole rings is 1. The molecule has 3 N–H and O–H groups in total. The van der Waals surface area contributed by atoms with Gasteiger partial charge >= 0.3 is 0 Å². The van der Waals surface area contributed by atoms with E-state index in [1.165, 1.54) is 29.6 Å². The second kappa shape index (κ2) is 12.1. The minimum Gasteiger partial charge on any atom is -0.513 e. The van der Waals surface area contributed by atoms with Crippen LogP contribution >= 0.6 is 0 Å². The van der Waals surface area contributed by atoms with Crippen LogP contribution in [0, 0.1) is 18.7 Å². The molecule has 2 amide bonds. The van der Waals surface area contributed by atoms with Crippen molar-refractivity contribution in [3.63, 3.8) is 0 Å². The van der Waals surface area contributed by atoms with Crippen molar-refractivity contribution in [2.45, 2.75) is 57.4 Å². The Kier molecular flexibility index (Phi) is 8.10. The number of piperazine rings is 1. The monoisotopic (exact) mass is 587 g/mol. The first-order valence-electron chi connectivity index (χ1n) is 15.1. The lowest BCUT2D eigenvalue weighted by molar-refractivity contribution is 0.0912. The first-order valence-corrected chi connectivity index (χ1v) is 15.1. The molecule has 0 spiro atoms. The number of aliphatic hydroxyl groups is 1. The van der Waals surface area contributed by atoms with E-state index in [1.807, 2.05) is 17.0 Å². The number of aryl methyl sites for hydroxylation is 1.